The number of para-hydroxylation sites is 1. The number of carbonyl (C=O) groups excluding carboxylic acids is 1. The van der Waals surface area contributed by atoms with Crippen LogP contribution in [-0.4, -0.2) is 68.7 Å². The van der Waals surface area contributed by atoms with Gasteiger partial charge in [-0.05, 0) is 67.5 Å². The zero-order valence-electron chi connectivity index (χ0n) is 27.5. The van der Waals surface area contributed by atoms with Gasteiger partial charge in [0, 0.05) is 42.8 Å². The molecule has 3 aromatic carbocycles. The third-order valence-corrected chi connectivity index (χ3v) is 12.4. The first-order valence-corrected chi connectivity index (χ1v) is 19.3. The van der Waals surface area contributed by atoms with Crippen LogP contribution in [0.15, 0.2) is 77.7 Å². The van der Waals surface area contributed by atoms with Crippen LogP contribution in [0.2, 0.25) is 18.6 Å². The highest BCUT2D eigenvalue weighted by Crippen LogP contribution is 2.60. The molecule has 7 rings (SSSR count). The van der Waals surface area contributed by atoms with Crippen molar-refractivity contribution >= 4 is 30.8 Å². The van der Waals surface area contributed by atoms with Gasteiger partial charge in [-0.3, -0.25) is 19.4 Å². The molecule has 3 N–H and O–H groups in total. The zero-order chi connectivity index (χ0) is 33.8. The number of aliphatic hydroxyl groups is 1. The molecule has 13 heteroatoms. The van der Waals surface area contributed by atoms with E-state index in [1.54, 1.807) is 22.8 Å². The third kappa shape index (κ3) is 5.27. The molecule has 0 unspecified atom stereocenters. The first-order chi connectivity index (χ1) is 23.0. The first-order valence-electron chi connectivity index (χ1n) is 16.2. The van der Waals surface area contributed by atoms with Crippen molar-refractivity contribution in [1.82, 2.24) is 24.8 Å². The van der Waals surface area contributed by atoms with Crippen LogP contribution in [0.5, 0.6) is 5.75 Å². The molecule has 2 aromatic heterocycles. The molecule has 1 spiro atoms. The van der Waals surface area contributed by atoms with Gasteiger partial charge in [0.25, 0.3) is 11.5 Å². The van der Waals surface area contributed by atoms with E-state index < -0.39 is 20.0 Å². The summed E-state index contributed by atoms with van der Waals surface area (Å²) < 4.78 is 15.8. The number of hydrogen-bond donors (Lipinski definition) is 3. The van der Waals surface area contributed by atoms with E-state index in [2.05, 4.69) is 15.4 Å². The van der Waals surface area contributed by atoms with Crippen molar-refractivity contribution in [3.8, 4) is 11.4 Å². The van der Waals surface area contributed by atoms with E-state index in [9.17, 15) is 19.5 Å². The zero-order valence-corrected chi connectivity index (χ0v) is 28.5. The number of ether oxygens (including phenoxy) is 2. The molecule has 4 atom stereocenters. The maximum Gasteiger partial charge on any atom is 0.279 e. The number of carbonyl (C=O) groups is 1. The molecule has 4 heterocycles. The van der Waals surface area contributed by atoms with E-state index in [0.717, 1.165) is 22.3 Å². The molecule has 1 amide bonds. The summed E-state index contributed by atoms with van der Waals surface area (Å²) in [5, 5.41) is 21.4. The number of anilines is 1. The number of aryl methyl sites for hydroxylation is 1. The molecule has 0 radical (unpaired) electrons. The molecule has 2 aliphatic heterocycles. The molecular weight excluding hydrogens is 629 g/mol. The van der Waals surface area contributed by atoms with E-state index in [0.29, 0.717) is 48.4 Å². The highest BCUT2D eigenvalue weighted by molar-refractivity contribution is 6.71. The number of hydrogen-bond acceptors (Lipinski definition) is 8. The highest BCUT2D eigenvalue weighted by Gasteiger charge is 2.66. The number of aromatic nitrogens is 5. The Kier molecular flexibility index (Phi) is 8.10. The summed E-state index contributed by atoms with van der Waals surface area (Å²) in [6, 6.07) is 20.6. The van der Waals surface area contributed by atoms with Crippen molar-refractivity contribution in [2.24, 2.45) is 5.92 Å². The molecule has 250 valence electrons. The van der Waals surface area contributed by atoms with Gasteiger partial charge in [0.1, 0.15) is 5.75 Å². The van der Waals surface area contributed by atoms with Crippen LogP contribution in [0.1, 0.15) is 30.2 Å². The number of amides is 1. The van der Waals surface area contributed by atoms with E-state index in [4.69, 9.17) is 9.47 Å². The van der Waals surface area contributed by atoms with Crippen molar-refractivity contribution in [2.45, 2.75) is 63.2 Å². The third-order valence-electron chi connectivity index (χ3n) is 9.92. The highest BCUT2D eigenvalue weighted by atomic mass is 28.4. The van der Waals surface area contributed by atoms with E-state index in [1.807, 2.05) is 86.9 Å². The average Bonchev–Trinajstić information content (AvgIpc) is 3.80. The minimum Gasteiger partial charge on any atom is -0.497 e. The number of nitrogens with one attached hydrogen (secondary N) is 1. The van der Waals surface area contributed by atoms with Crippen molar-refractivity contribution in [3.63, 3.8) is 0 Å². The smallest absolute Gasteiger partial charge is 0.279 e. The minimum absolute atomic E-state index is 0.00736. The van der Waals surface area contributed by atoms with E-state index in [1.165, 1.54) is 4.68 Å². The molecule has 0 aliphatic carbocycles. The second-order valence-corrected chi connectivity index (χ2v) is 17.3. The summed E-state index contributed by atoms with van der Waals surface area (Å²) in [6.45, 7) is 6.60. The number of rotatable bonds is 10. The van der Waals surface area contributed by atoms with Gasteiger partial charge >= 0.3 is 0 Å². The molecule has 0 saturated carbocycles. The number of nitrogens with zero attached hydrogens (tertiary/aromatic N) is 5. The van der Waals surface area contributed by atoms with Crippen LogP contribution in [0, 0.1) is 5.92 Å². The molecule has 2 aliphatic rings. The fourth-order valence-corrected chi connectivity index (χ4v) is 10.3. The Morgan fingerprint density at radius 2 is 1.85 bits per heavy atom. The second kappa shape index (κ2) is 12.2. The molecule has 12 nitrogen and oxygen atoms in total. The van der Waals surface area contributed by atoms with E-state index >= 15 is 0 Å². The lowest BCUT2D eigenvalue weighted by Crippen LogP contribution is -2.46. The van der Waals surface area contributed by atoms with Crippen LogP contribution in [0.25, 0.3) is 16.6 Å². The van der Waals surface area contributed by atoms with E-state index in [-0.39, 0.29) is 29.5 Å². The monoisotopic (exact) mass is 668 g/mol. The van der Waals surface area contributed by atoms with Gasteiger partial charge in [-0.25, -0.2) is 4.68 Å². The van der Waals surface area contributed by atoms with Gasteiger partial charge in [-0.1, -0.05) is 36.4 Å². The van der Waals surface area contributed by atoms with Crippen molar-refractivity contribution in [2.75, 3.05) is 18.6 Å². The number of fused-ring (bicyclic) bond motifs is 3. The van der Waals surface area contributed by atoms with Crippen LogP contribution >= 0.6 is 0 Å². The summed E-state index contributed by atoms with van der Waals surface area (Å²) in [7, 11) is -1.25. The van der Waals surface area contributed by atoms with Gasteiger partial charge < -0.3 is 24.3 Å². The minimum atomic E-state index is -2.85. The molecule has 5 aromatic rings. The fraction of sp³-hybridized carbons (Fsp3) is 0.371. The number of methoxy groups -OCH3 is 1. The predicted octanol–water partition coefficient (Wildman–Crippen LogP) is 3.89. The molecule has 1 fully saturated rings. The lowest BCUT2D eigenvalue weighted by Gasteiger charge is -2.32. The van der Waals surface area contributed by atoms with Crippen molar-refractivity contribution in [1.29, 1.82) is 0 Å². The Morgan fingerprint density at radius 3 is 2.56 bits per heavy atom. The maximum atomic E-state index is 14.8. The number of H-pyrrole nitrogens is 1. The fourth-order valence-electron chi connectivity index (χ4n) is 7.72. The van der Waals surface area contributed by atoms with Gasteiger partial charge in [-0.2, -0.15) is 0 Å². The van der Waals surface area contributed by atoms with Gasteiger partial charge in [0.05, 0.1) is 47.7 Å². The largest absolute Gasteiger partial charge is 0.497 e. The summed E-state index contributed by atoms with van der Waals surface area (Å²) in [5.41, 5.74) is 2.84. The molecule has 0 bridgehead atoms. The van der Waals surface area contributed by atoms with Crippen molar-refractivity contribution < 1.29 is 24.2 Å². The summed E-state index contributed by atoms with van der Waals surface area (Å²) >= 11 is 0. The summed E-state index contributed by atoms with van der Waals surface area (Å²) in [5.74, 6) is 0.117. The normalized spacial score (nSPS) is 22.2. The standard InChI is InChI=1S/C35H40N6O6Si/c1-22-32(48(3,4)45)31(15-17-39-21-24(16-18-42)36-38-39)47-35(22)28-19-26(46-2)13-14-30(28)40(34(35)44)20-23-9-11-25(12-10-23)41-33(43)27-7-5-6-8-29(27)37-41/h5-14,19,21-22,31-32,37,42,45H,15-18,20H2,1-4H3/t22-,31+,32-,35+/m1/s1. The average molecular weight is 669 g/mol. The van der Waals surface area contributed by atoms with Gasteiger partial charge in [-0.15, -0.1) is 5.10 Å². The van der Waals surface area contributed by atoms with Gasteiger partial charge in [0.2, 0.25) is 0 Å². The molecular formula is C35H40N6O6Si. The number of aliphatic hydroxyl groups excluding tert-OH is 1. The van der Waals surface area contributed by atoms with Crippen LogP contribution in [-0.2, 0) is 34.6 Å². The Balaban J connectivity index is 1.20. The lowest BCUT2D eigenvalue weighted by atomic mass is 9.82. The predicted molar refractivity (Wildman–Crippen MR) is 183 cm³/mol. The van der Waals surface area contributed by atoms with Crippen molar-refractivity contribution in [3.05, 3.63) is 100 Å². The number of benzene rings is 3. The molecule has 48 heavy (non-hydrogen) atoms. The Morgan fingerprint density at radius 1 is 1.08 bits per heavy atom. The van der Waals surface area contributed by atoms with Crippen LogP contribution in [0.4, 0.5) is 5.69 Å². The Labute approximate surface area is 278 Å². The van der Waals surface area contributed by atoms with Crippen LogP contribution < -0.4 is 15.2 Å². The second-order valence-electron chi connectivity index (χ2n) is 13.3. The SMILES string of the molecule is COc1ccc2c(c1)[C@]1(O[C@@H](CCn3cc(CCO)nn3)[C@H]([Si](C)(C)O)[C@H]1C)C(=O)N2Cc1ccc(-n2[nH]c3ccccc3c2=O)cc1. The topological polar surface area (TPSA) is 148 Å². The Hall–Kier alpha value is -4.56. The molecule has 1 saturated heterocycles. The quantitative estimate of drug-likeness (QED) is 0.190. The Bertz CT molecular complexity index is 2030. The lowest BCUT2D eigenvalue weighted by molar-refractivity contribution is -0.146. The number of aromatic amines is 1. The van der Waals surface area contributed by atoms with Crippen LogP contribution in [0.3, 0.4) is 0 Å². The van der Waals surface area contributed by atoms with Gasteiger partial charge in [0.15, 0.2) is 13.9 Å². The maximum absolute atomic E-state index is 14.8. The summed E-state index contributed by atoms with van der Waals surface area (Å²) in [4.78, 5) is 41.2. The summed E-state index contributed by atoms with van der Waals surface area (Å²) in [6.07, 6.45) is 2.35. The first kappa shape index (κ1) is 32.0.